The van der Waals surface area contributed by atoms with Gasteiger partial charge in [0.15, 0.2) is 5.82 Å². The number of anilines is 1. The molecule has 36 heavy (non-hydrogen) atoms. The molecule has 1 saturated heterocycles. The largest absolute Gasteiger partial charge is 0.457 e. The third-order valence-corrected chi connectivity index (χ3v) is 10.2. The highest BCUT2D eigenvalue weighted by atomic mass is 32.2. The second kappa shape index (κ2) is 10.8. The van der Waals surface area contributed by atoms with Crippen LogP contribution < -0.4 is 9.64 Å². The van der Waals surface area contributed by atoms with Gasteiger partial charge in [-0.25, -0.2) is 13.4 Å². The van der Waals surface area contributed by atoms with Gasteiger partial charge in [-0.1, -0.05) is 49.6 Å². The van der Waals surface area contributed by atoms with E-state index in [2.05, 4.69) is 14.3 Å². The van der Waals surface area contributed by atoms with E-state index < -0.39 is 16.1 Å². The van der Waals surface area contributed by atoms with Crippen LogP contribution in [0.2, 0.25) is 0 Å². The molecule has 0 amide bonds. The normalized spacial score (nSPS) is 20.8. The zero-order valence-electron chi connectivity index (χ0n) is 20.4. The van der Waals surface area contributed by atoms with Crippen LogP contribution in [0.15, 0.2) is 54.6 Å². The van der Waals surface area contributed by atoms with Crippen molar-refractivity contribution in [2.75, 3.05) is 24.5 Å². The van der Waals surface area contributed by atoms with Crippen LogP contribution in [-0.2, 0) is 10.0 Å². The van der Waals surface area contributed by atoms with Gasteiger partial charge in [-0.2, -0.15) is 8.68 Å². The average Bonchev–Trinajstić information content (AvgIpc) is 3.40. The molecule has 1 aliphatic heterocycles. The Labute approximate surface area is 216 Å². The SMILES string of the molecule is CC1CN(S(=O)(=O)C2CCCCC2)CCN1c1nc(C(O)c2ccc(Oc3ccccc3)cc2)ns1. The van der Waals surface area contributed by atoms with Crippen molar-refractivity contribution in [1.29, 1.82) is 0 Å². The summed E-state index contributed by atoms with van der Waals surface area (Å²) in [5, 5.41) is 11.3. The summed E-state index contributed by atoms with van der Waals surface area (Å²) in [7, 11) is -3.27. The van der Waals surface area contributed by atoms with Crippen molar-refractivity contribution in [2.45, 2.75) is 56.4 Å². The monoisotopic (exact) mass is 528 g/mol. The van der Waals surface area contributed by atoms with Gasteiger partial charge in [-0.15, -0.1) is 0 Å². The number of rotatable bonds is 7. The predicted molar refractivity (Wildman–Crippen MR) is 141 cm³/mol. The minimum Gasteiger partial charge on any atom is -0.457 e. The van der Waals surface area contributed by atoms with Gasteiger partial charge in [0.1, 0.15) is 17.6 Å². The summed E-state index contributed by atoms with van der Waals surface area (Å²) in [6, 6.07) is 16.7. The first-order valence-corrected chi connectivity index (χ1v) is 14.8. The minimum atomic E-state index is -3.27. The van der Waals surface area contributed by atoms with Crippen LogP contribution in [0.5, 0.6) is 11.5 Å². The smallest absolute Gasteiger partial charge is 0.217 e. The summed E-state index contributed by atoms with van der Waals surface area (Å²) in [5.74, 6) is 1.77. The van der Waals surface area contributed by atoms with Crippen molar-refractivity contribution in [2.24, 2.45) is 0 Å². The number of aliphatic hydroxyl groups is 1. The molecule has 1 saturated carbocycles. The fraction of sp³-hybridized carbons (Fsp3) is 0.462. The Kier molecular flexibility index (Phi) is 7.57. The summed E-state index contributed by atoms with van der Waals surface area (Å²) in [4.78, 5) is 6.71. The highest BCUT2D eigenvalue weighted by Crippen LogP contribution is 2.31. The van der Waals surface area contributed by atoms with Crippen LogP contribution in [0.25, 0.3) is 0 Å². The topological polar surface area (TPSA) is 95.9 Å². The summed E-state index contributed by atoms with van der Waals surface area (Å²) < 4.78 is 38.2. The number of piperazine rings is 1. The highest BCUT2D eigenvalue weighted by Gasteiger charge is 2.37. The molecule has 1 aromatic heterocycles. The van der Waals surface area contributed by atoms with E-state index in [1.807, 2.05) is 49.4 Å². The van der Waals surface area contributed by atoms with E-state index in [1.54, 1.807) is 16.4 Å². The first-order valence-electron chi connectivity index (χ1n) is 12.5. The number of hydrogen-bond donors (Lipinski definition) is 1. The number of benzene rings is 2. The number of sulfonamides is 1. The second-order valence-corrected chi connectivity index (χ2v) is 12.5. The highest BCUT2D eigenvalue weighted by molar-refractivity contribution is 7.89. The van der Waals surface area contributed by atoms with Crippen LogP contribution in [0.4, 0.5) is 5.13 Å². The molecule has 10 heteroatoms. The van der Waals surface area contributed by atoms with Gasteiger partial charge in [-0.05, 0) is 49.6 Å². The zero-order valence-corrected chi connectivity index (χ0v) is 22.0. The van der Waals surface area contributed by atoms with Gasteiger partial charge in [-0.3, -0.25) is 0 Å². The molecular formula is C26H32N4O4S2. The van der Waals surface area contributed by atoms with Crippen molar-refractivity contribution >= 4 is 26.7 Å². The first kappa shape index (κ1) is 25.1. The van der Waals surface area contributed by atoms with Gasteiger partial charge in [0.2, 0.25) is 15.2 Å². The van der Waals surface area contributed by atoms with E-state index in [-0.39, 0.29) is 11.3 Å². The lowest BCUT2D eigenvalue weighted by Gasteiger charge is -2.40. The fourth-order valence-electron chi connectivity index (χ4n) is 4.96. The van der Waals surface area contributed by atoms with Crippen molar-refractivity contribution in [1.82, 2.24) is 13.7 Å². The van der Waals surface area contributed by atoms with Crippen LogP contribution >= 0.6 is 11.5 Å². The van der Waals surface area contributed by atoms with Crippen molar-refractivity contribution in [3.8, 4) is 11.5 Å². The molecule has 1 aliphatic carbocycles. The molecule has 1 N–H and O–H groups in total. The molecule has 192 valence electrons. The molecule has 8 nitrogen and oxygen atoms in total. The molecule has 2 aliphatic rings. The van der Waals surface area contributed by atoms with Crippen molar-refractivity contribution in [3.05, 3.63) is 66.0 Å². The maximum Gasteiger partial charge on any atom is 0.217 e. The number of aromatic nitrogens is 2. The van der Waals surface area contributed by atoms with Crippen LogP contribution in [0.3, 0.4) is 0 Å². The predicted octanol–water partition coefficient (Wildman–Crippen LogP) is 4.59. The lowest BCUT2D eigenvalue weighted by molar-refractivity contribution is 0.211. The Morgan fingerprint density at radius 1 is 1.00 bits per heavy atom. The van der Waals surface area contributed by atoms with Crippen LogP contribution in [-0.4, -0.2) is 58.1 Å². The van der Waals surface area contributed by atoms with E-state index in [9.17, 15) is 13.5 Å². The van der Waals surface area contributed by atoms with E-state index in [4.69, 9.17) is 4.74 Å². The Morgan fingerprint density at radius 3 is 2.39 bits per heavy atom. The number of hydrogen-bond acceptors (Lipinski definition) is 8. The summed E-state index contributed by atoms with van der Waals surface area (Å²) in [6.45, 7) is 3.47. The number of para-hydroxylation sites is 1. The van der Waals surface area contributed by atoms with Crippen molar-refractivity contribution < 1.29 is 18.3 Å². The van der Waals surface area contributed by atoms with E-state index in [0.29, 0.717) is 41.9 Å². The van der Waals surface area contributed by atoms with Gasteiger partial charge in [0.25, 0.3) is 0 Å². The number of nitrogens with zero attached hydrogens (tertiary/aromatic N) is 4. The molecule has 5 rings (SSSR count). The van der Waals surface area contributed by atoms with E-state index in [0.717, 1.165) is 37.9 Å². The number of aliphatic hydroxyl groups excluding tert-OH is 1. The third kappa shape index (κ3) is 5.41. The Balaban J connectivity index is 1.22. The summed E-state index contributed by atoms with van der Waals surface area (Å²) >= 11 is 1.24. The van der Waals surface area contributed by atoms with Gasteiger partial charge in [0.05, 0.1) is 5.25 Å². The summed E-state index contributed by atoms with van der Waals surface area (Å²) in [6.07, 6.45) is 3.72. The molecule has 2 fully saturated rings. The van der Waals surface area contributed by atoms with Crippen molar-refractivity contribution in [3.63, 3.8) is 0 Å². The molecule has 0 bridgehead atoms. The Hall–Kier alpha value is -2.53. The van der Waals surface area contributed by atoms with Gasteiger partial charge >= 0.3 is 0 Å². The average molecular weight is 529 g/mol. The number of ether oxygens (including phenoxy) is 1. The summed E-state index contributed by atoms with van der Waals surface area (Å²) in [5.41, 5.74) is 0.677. The van der Waals surface area contributed by atoms with Crippen LogP contribution in [0, 0.1) is 0 Å². The van der Waals surface area contributed by atoms with E-state index in [1.165, 1.54) is 11.5 Å². The molecular weight excluding hydrogens is 496 g/mol. The van der Waals surface area contributed by atoms with Gasteiger partial charge in [0, 0.05) is 37.2 Å². The van der Waals surface area contributed by atoms with Gasteiger partial charge < -0.3 is 14.7 Å². The fourth-order valence-corrected chi connectivity index (χ4v) is 7.90. The molecule has 0 radical (unpaired) electrons. The third-order valence-electron chi connectivity index (χ3n) is 7.02. The molecule has 2 unspecified atom stereocenters. The molecule has 2 atom stereocenters. The maximum absolute atomic E-state index is 13.1. The maximum atomic E-state index is 13.1. The standard InChI is InChI=1S/C26H32N4O4S2/c1-19-18-29(36(32,33)23-10-6-3-7-11-23)16-17-30(19)26-27-25(28-35-26)24(31)20-12-14-22(15-13-20)34-21-8-4-2-5-9-21/h2,4-5,8-9,12-15,19,23-24,31H,3,6-7,10-11,16-18H2,1H3. The Morgan fingerprint density at radius 2 is 1.69 bits per heavy atom. The van der Waals surface area contributed by atoms with E-state index >= 15 is 0 Å². The lowest BCUT2D eigenvalue weighted by Crippen LogP contribution is -2.55. The lowest BCUT2D eigenvalue weighted by atomic mass is 10.0. The quantitative estimate of drug-likeness (QED) is 0.479. The molecule has 2 aromatic carbocycles. The first-order chi connectivity index (χ1) is 17.4. The second-order valence-electron chi connectivity index (χ2n) is 9.53. The Bertz CT molecular complexity index is 1240. The molecule has 0 spiro atoms. The molecule has 3 aromatic rings. The van der Waals surface area contributed by atoms with Crippen LogP contribution in [0.1, 0.15) is 56.5 Å². The zero-order chi connectivity index (χ0) is 25.1. The molecule has 2 heterocycles. The minimum absolute atomic E-state index is 0.0236.